The molecule has 3 fully saturated rings. The Hall–Kier alpha value is -5.65. The zero-order chi connectivity index (χ0) is 37.5. The molecule has 10 nitrogen and oxygen atoms in total. The second-order valence-electron chi connectivity index (χ2n) is 14.4. The average molecular weight is 746 g/mol. The molecular weight excluding hydrogens is 713 g/mol. The number of anilines is 2. The molecule has 4 amide bonds. The first kappa shape index (κ1) is 34.1. The summed E-state index contributed by atoms with van der Waals surface area (Å²) in [7, 11) is 0. The van der Waals surface area contributed by atoms with Crippen LogP contribution in [-0.4, -0.2) is 46.9 Å². The van der Waals surface area contributed by atoms with Crippen molar-refractivity contribution in [3.63, 3.8) is 0 Å². The van der Waals surface area contributed by atoms with E-state index in [0.717, 1.165) is 16.5 Å². The van der Waals surface area contributed by atoms with Gasteiger partial charge in [-0.25, -0.2) is 14.3 Å². The van der Waals surface area contributed by atoms with Gasteiger partial charge in [0.2, 0.25) is 29.5 Å². The van der Waals surface area contributed by atoms with Crippen LogP contribution in [0.5, 0.6) is 5.75 Å². The maximum atomic E-state index is 14.7. The predicted molar refractivity (Wildman–Crippen MR) is 197 cm³/mol. The molecule has 3 heterocycles. The number of oxazole rings is 1. The van der Waals surface area contributed by atoms with Gasteiger partial charge in [0.15, 0.2) is 5.58 Å². The van der Waals surface area contributed by atoms with Crippen LogP contribution in [0.3, 0.4) is 0 Å². The van der Waals surface area contributed by atoms with E-state index in [1.165, 1.54) is 17.0 Å². The van der Waals surface area contributed by atoms with Gasteiger partial charge in [0.1, 0.15) is 23.7 Å². The van der Waals surface area contributed by atoms with Crippen molar-refractivity contribution >= 4 is 57.7 Å². The largest absolute Gasteiger partial charge is 0.491 e. The minimum absolute atomic E-state index is 0.00270. The normalized spacial score (nSPS) is 26.2. The number of fused-ring (bicyclic) bond motifs is 5. The molecule has 4 aromatic carbocycles. The van der Waals surface area contributed by atoms with Crippen LogP contribution in [0.1, 0.15) is 31.2 Å². The molecule has 272 valence electrons. The number of imide groups is 2. The monoisotopic (exact) mass is 745 g/mol. The SMILES string of the molecule is C[C@@]12C(=O)N(c3ccc(F)c(Cl)c3)C(=O)[C@@H]1C[C@@H]1C(=CC[C@@H]3C(=O)N(c4ccc(-c5nc6ccccc6o5)cc4)C(=O)[C@@H]31)[C@@H]2c1ccccc1OCCO. The summed E-state index contributed by atoms with van der Waals surface area (Å²) in [5, 5.41) is 9.38. The summed E-state index contributed by atoms with van der Waals surface area (Å²) >= 11 is 6.13. The summed E-state index contributed by atoms with van der Waals surface area (Å²) in [5.74, 6) is -5.19. The number of halogens is 2. The molecule has 5 aromatic rings. The summed E-state index contributed by atoms with van der Waals surface area (Å²) in [6, 6.07) is 25.2. The summed E-state index contributed by atoms with van der Waals surface area (Å²) in [6.07, 6.45) is 2.36. The van der Waals surface area contributed by atoms with Crippen LogP contribution in [-0.2, 0) is 19.2 Å². The van der Waals surface area contributed by atoms with E-state index in [2.05, 4.69) is 4.98 Å². The van der Waals surface area contributed by atoms with Gasteiger partial charge in [0.25, 0.3) is 0 Å². The summed E-state index contributed by atoms with van der Waals surface area (Å²) < 4.78 is 26.1. The van der Waals surface area contributed by atoms with Crippen LogP contribution in [0.15, 0.2) is 107 Å². The minimum atomic E-state index is -1.35. The maximum absolute atomic E-state index is 14.7. The van der Waals surface area contributed by atoms with Crippen molar-refractivity contribution in [2.24, 2.45) is 29.1 Å². The summed E-state index contributed by atoms with van der Waals surface area (Å²) in [4.78, 5) is 64.8. The van der Waals surface area contributed by atoms with Crippen LogP contribution in [0.2, 0.25) is 5.02 Å². The molecule has 0 radical (unpaired) electrons. The number of amides is 4. The first-order chi connectivity index (χ1) is 26.1. The molecule has 2 aliphatic carbocycles. The molecular formula is C42H33ClFN3O7. The Morgan fingerprint density at radius 2 is 1.65 bits per heavy atom. The molecule has 6 atom stereocenters. The molecule has 1 aromatic heterocycles. The van der Waals surface area contributed by atoms with E-state index in [1.807, 2.05) is 42.5 Å². The van der Waals surface area contributed by atoms with Crippen LogP contribution >= 0.6 is 11.6 Å². The van der Waals surface area contributed by atoms with Gasteiger partial charge < -0.3 is 14.3 Å². The number of aliphatic hydroxyl groups excluding tert-OH is 1. The van der Waals surface area contributed by atoms with Crippen molar-refractivity contribution in [3.8, 4) is 17.2 Å². The van der Waals surface area contributed by atoms with Gasteiger partial charge in [-0.1, -0.05) is 53.6 Å². The Morgan fingerprint density at radius 3 is 2.41 bits per heavy atom. The predicted octanol–water partition coefficient (Wildman–Crippen LogP) is 7.09. The fourth-order valence-electron chi connectivity index (χ4n) is 9.24. The van der Waals surface area contributed by atoms with Crippen molar-refractivity contribution in [2.75, 3.05) is 23.0 Å². The topological polar surface area (TPSA) is 130 Å². The number of carbonyl (C=O) groups is 4. The molecule has 4 aliphatic rings. The minimum Gasteiger partial charge on any atom is -0.491 e. The lowest BCUT2D eigenvalue weighted by atomic mass is 9.51. The molecule has 0 spiro atoms. The first-order valence-corrected chi connectivity index (χ1v) is 18.2. The fraction of sp³-hybridized carbons (Fsp3) is 0.262. The van der Waals surface area contributed by atoms with Crippen molar-refractivity contribution in [3.05, 3.63) is 119 Å². The number of rotatable bonds is 7. The van der Waals surface area contributed by atoms with E-state index in [0.29, 0.717) is 39.6 Å². The number of allylic oxidation sites excluding steroid dienone is 2. The highest BCUT2D eigenvalue weighted by Crippen LogP contribution is 2.64. The standard InChI is InChI=1S/C42H33ClFN3O7/c1-42-29(39(50)47(41(42)52)24-14-17-31(44)30(43)20-24)21-28-25(36(42)26-6-2-4-8-33(26)53-19-18-48)15-16-27-35(28)40(51)46(38(27)49)23-12-10-22(11-13-23)37-45-32-7-3-5-9-34(32)54-37/h2-15,17,20,27-29,35-36,48H,16,18-19,21H2,1H3/t27-,28+,29-,35-,36+,42+/m0/s1. The molecule has 1 N–H and O–H groups in total. The van der Waals surface area contributed by atoms with Crippen molar-refractivity contribution < 1.29 is 37.8 Å². The quantitative estimate of drug-likeness (QED) is 0.138. The van der Waals surface area contributed by atoms with E-state index >= 15 is 0 Å². The molecule has 12 heteroatoms. The highest BCUT2D eigenvalue weighted by Gasteiger charge is 2.68. The number of hydrogen-bond acceptors (Lipinski definition) is 8. The van der Waals surface area contributed by atoms with Crippen molar-refractivity contribution in [2.45, 2.75) is 25.7 Å². The Kier molecular flexibility index (Phi) is 8.06. The lowest BCUT2D eigenvalue weighted by molar-refractivity contribution is -0.131. The third-order valence-electron chi connectivity index (χ3n) is 11.7. The smallest absolute Gasteiger partial charge is 0.241 e. The van der Waals surface area contributed by atoms with Crippen molar-refractivity contribution in [1.29, 1.82) is 0 Å². The van der Waals surface area contributed by atoms with Crippen LogP contribution in [0.25, 0.3) is 22.6 Å². The van der Waals surface area contributed by atoms with Gasteiger partial charge in [-0.15, -0.1) is 0 Å². The summed E-state index contributed by atoms with van der Waals surface area (Å²) in [5.41, 5.74) is 2.65. The zero-order valence-electron chi connectivity index (χ0n) is 28.9. The maximum Gasteiger partial charge on any atom is 0.241 e. The molecule has 54 heavy (non-hydrogen) atoms. The zero-order valence-corrected chi connectivity index (χ0v) is 29.7. The van der Waals surface area contributed by atoms with E-state index in [-0.39, 0.29) is 48.6 Å². The van der Waals surface area contributed by atoms with Gasteiger partial charge >= 0.3 is 0 Å². The number of carbonyl (C=O) groups excluding carboxylic acids is 4. The van der Waals surface area contributed by atoms with Crippen LogP contribution in [0, 0.1) is 34.9 Å². The number of hydrogen-bond donors (Lipinski definition) is 1. The number of benzene rings is 4. The van der Waals surface area contributed by atoms with Gasteiger partial charge in [-0.3, -0.25) is 24.1 Å². The number of aromatic nitrogens is 1. The second-order valence-corrected chi connectivity index (χ2v) is 14.8. The molecule has 2 aliphatic heterocycles. The highest BCUT2D eigenvalue weighted by atomic mass is 35.5. The third kappa shape index (κ3) is 4.98. The third-order valence-corrected chi connectivity index (χ3v) is 12.0. The number of ether oxygens (including phenoxy) is 1. The number of para-hydroxylation sites is 3. The molecule has 2 saturated heterocycles. The van der Waals surface area contributed by atoms with Gasteiger partial charge in [0.05, 0.1) is 46.2 Å². The Balaban J connectivity index is 1.11. The van der Waals surface area contributed by atoms with Crippen molar-refractivity contribution in [1.82, 2.24) is 4.98 Å². The molecule has 0 unspecified atom stereocenters. The van der Waals surface area contributed by atoms with Gasteiger partial charge in [-0.05, 0) is 86.3 Å². The lowest BCUT2D eigenvalue weighted by Gasteiger charge is -2.49. The van der Waals surface area contributed by atoms with E-state index < -0.39 is 52.6 Å². The Bertz CT molecular complexity index is 2400. The van der Waals surface area contributed by atoms with E-state index in [4.69, 9.17) is 20.8 Å². The Morgan fingerprint density at radius 1 is 0.907 bits per heavy atom. The fourth-order valence-corrected chi connectivity index (χ4v) is 9.41. The van der Waals surface area contributed by atoms with E-state index in [9.17, 15) is 28.7 Å². The average Bonchev–Trinajstić information content (AvgIpc) is 3.79. The van der Waals surface area contributed by atoms with Gasteiger partial charge in [-0.2, -0.15) is 0 Å². The number of nitrogens with zero attached hydrogens (tertiary/aromatic N) is 3. The molecule has 0 bridgehead atoms. The summed E-state index contributed by atoms with van der Waals surface area (Å²) in [6.45, 7) is 1.51. The van der Waals surface area contributed by atoms with E-state index in [1.54, 1.807) is 43.3 Å². The van der Waals surface area contributed by atoms with Gasteiger partial charge in [0, 0.05) is 17.0 Å². The number of aliphatic hydroxyl groups is 1. The highest BCUT2D eigenvalue weighted by molar-refractivity contribution is 6.32. The van der Waals surface area contributed by atoms with Crippen LogP contribution in [0.4, 0.5) is 15.8 Å². The molecule has 1 saturated carbocycles. The van der Waals surface area contributed by atoms with Crippen LogP contribution < -0.4 is 14.5 Å². The lowest BCUT2D eigenvalue weighted by Crippen LogP contribution is -2.49. The second kappa shape index (κ2) is 12.7. The molecule has 9 rings (SSSR count). The first-order valence-electron chi connectivity index (χ1n) is 17.8. The Labute approximate surface area is 313 Å².